The average molecular weight is 356 g/mol. The minimum atomic E-state index is -0.445. The van der Waals surface area contributed by atoms with Gasteiger partial charge in [-0.05, 0) is 24.3 Å². The first-order chi connectivity index (χ1) is 12.6. The predicted molar refractivity (Wildman–Crippen MR) is 99.1 cm³/mol. The molecule has 26 heavy (non-hydrogen) atoms. The van der Waals surface area contributed by atoms with E-state index in [1.54, 1.807) is 43.5 Å². The molecule has 0 aromatic heterocycles. The molecule has 0 bridgehead atoms. The van der Waals surface area contributed by atoms with Crippen LogP contribution in [-0.2, 0) is 0 Å². The molecule has 136 valence electrons. The van der Waals surface area contributed by atoms with Crippen LogP contribution in [0, 0.1) is 10.1 Å². The third-order valence-corrected chi connectivity index (χ3v) is 4.22. The lowest BCUT2D eigenvalue weighted by Crippen LogP contribution is -2.43. The van der Waals surface area contributed by atoms with Gasteiger partial charge >= 0.3 is 0 Å². The second kappa shape index (κ2) is 7.83. The van der Waals surface area contributed by atoms with Crippen molar-refractivity contribution >= 4 is 23.0 Å². The van der Waals surface area contributed by atoms with Crippen molar-refractivity contribution in [3.8, 4) is 5.75 Å². The van der Waals surface area contributed by atoms with Gasteiger partial charge in [-0.3, -0.25) is 14.9 Å². The standard InChI is InChI=1S/C18H20N4O4/c1-26-15-4-2-3-14(12-15)20-18(23)13-5-6-16(17(11-13)22(24)25)21-9-7-19-8-10-21/h2-6,11-12,19H,7-10H2,1H3,(H,20,23). The average Bonchev–Trinajstić information content (AvgIpc) is 2.68. The fraction of sp³-hybridized carbons (Fsp3) is 0.278. The number of nitrogens with zero attached hydrogens (tertiary/aromatic N) is 2. The van der Waals surface area contributed by atoms with E-state index < -0.39 is 10.8 Å². The molecule has 0 spiro atoms. The molecule has 0 aliphatic carbocycles. The van der Waals surface area contributed by atoms with E-state index in [0.717, 1.165) is 13.1 Å². The topological polar surface area (TPSA) is 96.7 Å². The van der Waals surface area contributed by atoms with Crippen molar-refractivity contribution in [3.63, 3.8) is 0 Å². The molecule has 1 aliphatic heterocycles. The number of benzene rings is 2. The Morgan fingerprint density at radius 2 is 2.00 bits per heavy atom. The van der Waals surface area contributed by atoms with Gasteiger partial charge in [0.05, 0.1) is 12.0 Å². The number of anilines is 2. The van der Waals surface area contributed by atoms with Crippen molar-refractivity contribution in [3.05, 3.63) is 58.1 Å². The van der Waals surface area contributed by atoms with E-state index in [9.17, 15) is 14.9 Å². The Balaban J connectivity index is 1.84. The van der Waals surface area contributed by atoms with Gasteiger partial charge in [-0.25, -0.2) is 0 Å². The molecule has 1 amide bonds. The Morgan fingerprint density at radius 1 is 1.23 bits per heavy atom. The van der Waals surface area contributed by atoms with Gasteiger partial charge in [0.15, 0.2) is 0 Å². The molecule has 2 aromatic rings. The van der Waals surface area contributed by atoms with Crippen LogP contribution in [0.25, 0.3) is 0 Å². The van der Waals surface area contributed by atoms with Crippen LogP contribution >= 0.6 is 0 Å². The SMILES string of the molecule is COc1cccc(NC(=O)c2ccc(N3CCNCC3)c([N+](=O)[O-])c2)c1. The first-order valence-corrected chi connectivity index (χ1v) is 8.28. The number of piperazine rings is 1. The van der Waals surface area contributed by atoms with Gasteiger partial charge in [0.2, 0.25) is 0 Å². The molecule has 0 saturated carbocycles. The van der Waals surface area contributed by atoms with Gasteiger partial charge in [0, 0.05) is 49.6 Å². The summed E-state index contributed by atoms with van der Waals surface area (Å²) in [6.45, 7) is 2.93. The summed E-state index contributed by atoms with van der Waals surface area (Å²) in [6, 6.07) is 11.5. The van der Waals surface area contributed by atoms with Crippen LogP contribution in [0.4, 0.5) is 17.1 Å². The lowest BCUT2D eigenvalue weighted by Gasteiger charge is -2.29. The molecular formula is C18H20N4O4. The molecular weight excluding hydrogens is 336 g/mol. The lowest BCUT2D eigenvalue weighted by molar-refractivity contribution is -0.384. The molecule has 0 atom stereocenters. The fourth-order valence-electron chi connectivity index (χ4n) is 2.89. The van der Waals surface area contributed by atoms with Gasteiger partial charge in [-0.15, -0.1) is 0 Å². The molecule has 1 heterocycles. The lowest BCUT2D eigenvalue weighted by atomic mass is 10.1. The Hall–Kier alpha value is -3.13. The Morgan fingerprint density at radius 3 is 2.69 bits per heavy atom. The quantitative estimate of drug-likeness (QED) is 0.630. The number of hydrogen-bond donors (Lipinski definition) is 2. The first-order valence-electron chi connectivity index (χ1n) is 8.28. The molecule has 0 radical (unpaired) electrons. The van der Waals surface area contributed by atoms with Crippen molar-refractivity contribution in [1.82, 2.24) is 5.32 Å². The van der Waals surface area contributed by atoms with Crippen LogP contribution in [-0.4, -0.2) is 44.1 Å². The Labute approximate surface area is 150 Å². The van der Waals surface area contributed by atoms with Gasteiger partial charge < -0.3 is 20.3 Å². The first kappa shape index (κ1) is 17.7. The maximum absolute atomic E-state index is 12.5. The maximum atomic E-state index is 12.5. The van der Waals surface area contributed by atoms with Crippen molar-refractivity contribution in [2.45, 2.75) is 0 Å². The highest BCUT2D eigenvalue weighted by atomic mass is 16.6. The summed E-state index contributed by atoms with van der Waals surface area (Å²) in [5, 5.41) is 17.4. The number of hydrogen-bond acceptors (Lipinski definition) is 6. The second-order valence-electron chi connectivity index (χ2n) is 5.88. The third kappa shape index (κ3) is 3.92. The zero-order valence-electron chi connectivity index (χ0n) is 14.4. The monoisotopic (exact) mass is 356 g/mol. The number of nitro groups is 1. The molecule has 8 heteroatoms. The van der Waals surface area contributed by atoms with Crippen molar-refractivity contribution < 1.29 is 14.5 Å². The van der Waals surface area contributed by atoms with Crippen LogP contribution in [0.2, 0.25) is 0 Å². The number of rotatable bonds is 5. The van der Waals surface area contributed by atoms with E-state index in [4.69, 9.17) is 4.74 Å². The third-order valence-electron chi connectivity index (χ3n) is 4.22. The van der Waals surface area contributed by atoms with Crippen LogP contribution < -0.4 is 20.3 Å². The summed E-state index contributed by atoms with van der Waals surface area (Å²) in [5.41, 5.74) is 1.27. The second-order valence-corrected chi connectivity index (χ2v) is 5.88. The molecule has 0 unspecified atom stereocenters. The van der Waals surface area contributed by atoms with Gasteiger partial charge in [0.25, 0.3) is 11.6 Å². The number of amides is 1. The smallest absolute Gasteiger partial charge is 0.293 e. The van der Waals surface area contributed by atoms with E-state index in [1.165, 1.54) is 6.07 Å². The normalized spacial score (nSPS) is 14.0. The molecule has 1 saturated heterocycles. The van der Waals surface area contributed by atoms with E-state index in [0.29, 0.717) is 30.2 Å². The zero-order valence-corrected chi connectivity index (χ0v) is 14.4. The minimum absolute atomic E-state index is 0.0646. The van der Waals surface area contributed by atoms with Crippen molar-refractivity contribution in [2.75, 3.05) is 43.5 Å². The Kier molecular flexibility index (Phi) is 5.33. The van der Waals surface area contributed by atoms with E-state index in [1.807, 2.05) is 4.90 Å². The molecule has 2 aromatic carbocycles. The maximum Gasteiger partial charge on any atom is 0.293 e. The number of methoxy groups -OCH3 is 1. The van der Waals surface area contributed by atoms with Crippen LogP contribution in [0.1, 0.15) is 10.4 Å². The highest BCUT2D eigenvalue weighted by molar-refractivity contribution is 6.05. The van der Waals surface area contributed by atoms with Crippen LogP contribution in [0.3, 0.4) is 0 Å². The van der Waals surface area contributed by atoms with Gasteiger partial charge in [0.1, 0.15) is 11.4 Å². The molecule has 2 N–H and O–H groups in total. The largest absolute Gasteiger partial charge is 0.497 e. The predicted octanol–water partition coefficient (Wildman–Crippen LogP) is 2.27. The number of carbonyl (C=O) groups is 1. The summed E-state index contributed by atoms with van der Waals surface area (Å²) in [5.74, 6) is 0.205. The number of nitro benzene ring substituents is 1. The molecule has 3 rings (SSSR count). The van der Waals surface area contributed by atoms with Crippen molar-refractivity contribution in [2.24, 2.45) is 0 Å². The highest BCUT2D eigenvalue weighted by Gasteiger charge is 2.23. The summed E-state index contributed by atoms with van der Waals surface area (Å²) in [4.78, 5) is 25.5. The van der Waals surface area contributed by atoms with Gasteiger partial charge in [-0.1, -0.05) is 6.07 Å². The summed E-state index contributed by atoms with van der Waals surface area (Å²) in [7, 11) is 1.54. The van der Waals surface area contributed by atoms with Crippen molar-refractivity contribution in [1.29, 1.82) is 0 Å². The minimum Gasteiger partial charge on any atom is -0.497 e. The Bertz CT molecular complexity index is 819. The number of carbonyl (C=O) groups excluding carboxylic acids is 1. The zero-order chi connectivity index (χ0) is 18.5. The van der Waals surface area contributed by atoms with E-state index >= 15 is 0 Å². The van der Waals surface area contributed by atoms with E-state index in [-0.39, 0.29) is 11.3 Å². The fourth-order valence-corrected chi connectivity index (χ4v) is 2.89. The summed E-state index contributed by atoms with van der Waals surface area (Å²) < 4.78 is 5.12. The van der Waals surface area contributed by atoms with Gasteiger partial charge in [-0.2, -0.15) is 0 Å². The van der Waals surface area contributed by atoms with Crippen LogP contribution in [0.15, 0.2) is 42.5 Å². The number of ether oxygens (including phenoxy) is 1. The van der Waals surface area contributed by atoms with Crippen LogP contribution in [0.5, 0.6) is 5.75 Å². The van der Waals surface area contributed by atoms with E-state index in [2.05, 4.69) is 10.6 Å². The number of nitrogens with one attached hydrogen (secondary N) is 2. The highest BCUT2D eigenvalue weighted by Crippen LogP contribution is 2.30. The summed E-state index contributed by atoms with van der Waals surface area (Å²) in [6.07, 6.45) is 0. The molecule has 1 aliphatic rings. The summed E-state index contributed by atoms with van der Waals surface area (Å²) >= 11 is 0. The molecule has 1 fully saturated rings. The molecule has 8 nitrogen and oxygen atoms in total.